The van der Waals surface area contributed by atoms with E-state index in [9.17, 15) is 9.18 Å². The Labute approximate surface area is 184 Å². The summed E-state index contributed by atoms with van der Waals surface area (Å²) in [6.45, 7) is 3.80. The van der Waals surface area contributed by atoms with Gasteiger partial charge in [-0.2, -0.15) is 4.39 Å². The summed E-state index contributed by atoms with van der Waals surface area (Å²) in [5, 5.41) is 3.81. The fourth-order valence-electron chi connectivity index (χ4n) is 3.71. The molecule has 4 rings (SSSR count). The van der Waals surface area contributed by atoms with E-state index >= 15 is 0 Å². The van der Waals surface area contributed by atoms with Gasteiger partial charge in [0.25, 0.3) is 5.91 Å². The van der Waals surface area contributed by atoms with Gasteiger partial charge in [0.2, 0.25) is 5.95 Å². The first-order chi connectivity index (χ1) is 14.4. The number of carbonyl (C=O) groups is 1. The molecule has 154 valence electrons. The number of benzene rings is 1. The summed E-state index contributed by atoms with van der Waals surface area (Å²) in [5.74, 6) is -0.221. The Hall–Kier alpha value is -2.60. The monoisotopic (exact) mass is 467 g/mol. The Balaban J connectivity index is 1.66. The maximum absolute atomic E-state index is 13.4. The maximum atomic E-state index is 13.4. The van der Waals surface area contributed by atoms with Crippen molar-refractivity contribution in [2.45, 2.75) is 38.1 Å². The number of hydrogen-bond acceptors (Lipinski definition) is 3. The highest BCUT2D eigenvalue weighted by molar-refractivity contribution is 9.08. The number of nitrogens with one attached hydrogen (secondary N) is 1. The minimum atomic E-state index is -0.510. The minimum absolute atomic E-state index is 0.0947. The van der Waals surface area contributed by atoms with E-state index in [0.29, 0.717) is 22.5 Å². The van der Waals surface area contributed by atoms with Crippen LogP contribution in [0.2, 0.25) is 0 Å². The minimum Gasteiger partial charge on any atom is -0.343 e. The molecule has 1 amide bonds. The summed E-state index contributed by atoms with van der Waals surface area (Å²) in [4.78, 5) is 21.6. The van der Waals surface area contributed by atoms with Gasteiger partial charge >= 0.3 is 0 Å². The Kier molecular flexibility index (Phi) is 5.95. The molecule has 1 aromatic carbocycles. The molecule has 0 saturated heterocycles. The van der Waals surface area contributed by atoms with E-state index in [-0.39, 0.29) is 11.9 Å². The molecule has 3 aromatic rings. The molecule has 1 unspecified atom stereocenters. The molecule has 2 aromatic heterocycles. The van der Waals surface area contributed by atoms with E-state index in [0.717, 1.165) is 40.8 Å². The molecule has 4 nitrogen and oxygen atoms in total. The number of alkyl halides is 1. The molecular formula is C24H23BrFN3O. The normalized spacial score (nSPS) is 14.4. The molecule has 30 heavy (non-hydrogen) atoms. The zero-order chi connectivity index (χ0) is 21.3. The second-order valence-corrected chi connectivity index (χ2v) is 8.43. The zero-order valence-corrected chi connectivity index (χ0v) is 18.5. The third-order valence-electron chi connectivity index (χ3n) is 5.41. The van der Waals surface area contributed by atoms with Crippen molar-refractivity contribution in [2.75, 3.05) is 0 Å². The van der Waals surface area contributed by atoms with Crippen LogP contribution in [-0.2, 0) is 5.33 Å². The first-order valence-corrected chi connectivity index (χ1v) is 11.1. The van der Waals surface area contributed by atoms with Crippen LogP contribution in [0.25, 0.3) is 11.1 Å². The molecule has 1 fully saturated rings. The highest BCUT2D eigenvalue weighted by Crippen LogP contribution is 2.40. The standard InChI is InChI=1S/C24H23BrFN3O/c1-14-7-8-27-21(9-14)23(17-3-4-17)29-24(30)19-11-16(13-25)10-18(12-19)20-5-6-22(26)28-15(20)2/h5-12,17,23H,3-4,13H2,1-2H3,(H,29,30). The van der Waals surface area contributed by atoms with Gasteiger partial charge in [-0.05, 0) is 85.7 Å². The van der Waals surface area contributed by atoms with Crippen LogP contribution < -0.4 is 5.32 Å². The van der Waals surface area contributed by atoms with E-state index in [1.165, 1.54) is 6.07 Å². The molecule has 6 heteroatoms. The molecule has 0 aliphatic heterocycles. The lowest BCUT2D eigenvalue weighted by molar-refractivity contribution is 0.0930. The molecule has 1 atom stereocenters. The first kappa shape index (κ1) is 20.7. The third-order valence-corrected chi connectivity index (χ3v) is 6.05. The SMILES string of the molecule is Cc1ccnc(C(NC(=O)c2cc(CBr)cc(-c3ccc(F)nc3C)c2)C2CC2)c1. The molecule has 1 aliphatic carbocycles. The van der Waals surface area contributed by atoms with Crippen LogP contribution in [-0.4, -0.2) is 15.9 Å². The van der Waals surface area contributed by atoms with Crippen LogP contribution in [0.1, 0.15) is 51.8 Å². The van der Waals surface area contributed by atoms with Crippen molar-refractivity contribution in [1.82, 2.24) is 15.3 Å². The fourth-order valence-corrected chi connectivity index (χ4v) is 4.03. The van der Waals surface area contributed by atoms with Crippen molar-refractivity contribution in [2.24, 2.45) is 5.92 Å². The second-order valence-electron chi connectivity index (χ2n) is 7.87. The van der Waals surface area contributed by atoms with Crippen LogP contribution in [0, 0.1) is 25.7 Å². The molecule has 1 aliphatic rings. The number of carbonyl (C=O) groups excluding carboxylic acids is 1. The predicted molar refractivity (Wildman–Crippen MR) is 119 cm³/mol. The number of nitrogens with zero attached hydrogens (tertiary/aromatic N) is 2. The molecule has 0 radical (unpaired) electrons. The largest absolute Gasteiger partial charge is 0.343 e. The van der Waals surface area contributed by atoms with E-state index < -0.39 is 5.95 Å². The zero-order valence-electron chi connectivity index (χ0n) is 17.0. The summed E-state index contributed by atoms with van der Waals surface area (Å²) in [6, 6.07) is 12.7. The quantitative estimate of drug-likeness (QED) is 0.374. The molecule has 2 heterocycles. The first-order valence-electron chi connectivity index (χ1n) is 10.0. The molecule has 0 bridgehead atoms. The van der Waals surface area contributed by atoms with Crippen LogP contribution in [0.4, 0.5) is 4.39 Å². The van der Waals surface area contributed by atoms with Gasteiger partial charge in [0.05, 0.1) is 11.7 Å². The number of pyridine rings is 2. The lowest BCUT2D eigenvalue weighted by Crippen LogP contribution is -2.30. The second kappa shape index (κ2) is 8.64. The summed E-state index contributed by atoms with van der Waals surface area (Å²) in [7, 11) is 0. The Morgan fingerprint density at radius 2 is 2.00 bits per heavy atom. The van der Waals surface area contributed by atoms with Crippen molar-refractivity contribution in [3.63, 3.8) is 0 Å². The van der Waals surface area contributed by atoms with Crippen LogP contribution >= 0.6 is 15.9 Å². The lowest BCUT2D eigenvalue weighted by atomic mass is 9.98. The number of amides is 1. The number of aromatic nitrogens is 2. The van der Waals surface area contributed by atoms with Crippen LogP contribution in [0.3, 0.4) is 0 Å². The number of hydrogen-bond donors (Lipinski definition) is 1. The average molecular weight is 468 g/mol. The fraction of sp³-hybridized carbons (Fsp3) is 0.292. The Morgan fingerprint density at radius 1 is 1.20 bits per heavy atom. The van der Waals surface area contributed by atoms with Gasteiger partial charge < -0.3 is 5.32 Å². The number of halogens is 2. The maximum Gasteiger partial charge on any atom is 0.251 e. The van der Waals surface area contributed by atoms with Crippen LogP contribution in [0.5, 0.6) is 0 Å². The summed E-state index contributed by atoms with van der Waals surface area (Å²) < 4.78 is 13.4. The molecular weight excluding hydrogens is 445 g/mol. The lowest BCUT2D eigenvalue weighted by Gasteiger charge is -2.19. The van der Waals surface area contributed by atoms with Crippen molar-refractivity contribution in [3.8, 4) is 11.1 Å². The smallest absolute Gasteiger partial charge is 0.251 e. The van der Waals surface area contributed by atoms with E-state index in [2.05, 4.69) is 31.2 Å². The topological polar surface area (TPSA) is 54.9 Å². The van der Waals surface area contributed by atoms with Gasteiger partial charge in [-0.15, -0.1) is 0 Å². The van der Waals surface area contributed by atoms with Gasteiger partial charge in [0, 0.05) is 28.3 Å². The van der Waals surface area contributed by atoms with Crippen LogP contribution in [0.15, 0.2) is 48.7 Å². The van der Waals surface area contributed by atoms with Gasteiger partial charge in [-0.25, -0.2) is 4.98 Å². The number of aryl methyl sites for hydroxylation is 2. The van der Waals surface area contributed by atoms with Gasteiger partial charge in [0.15, 0.2) is 0 Å². The Bertz CT molecular complexity index is 1100. The van der Waals surface area contributed by atoms with Gasteiger partial charge in [0.1, 0.15) is 0 Å². The molecule has 0 spiro atoms. The average Bonchev–Trinajstić information content (AvgIpc) is 3.56. The van der Waals surface area contributed by atoms with Gasteiger partial charge in [-0.3, -0.25) is 9.78 Å². The highest BCUT2D eigenvalue weighted by Gasteiger charge is 2.34. The number of rotatable bonds is 6. The van der Waals surface area contributed by atoms with Crippen molar-refractivity contribution >= 4 is 21.8 Å². The van der Waals surface area contributed by atoms with Crippen molar-refractivity contribution in [1.29, 1.82) is 0 Å². The Morgan fingerprint density at radius 3 is 2.67 bits per heavy atom. The van der Waals surface area contributed by atoms with E-state index in [1.54, 1.807) is 19.2 Å². The molecule has 1 saturated carbocycles. The van der Waals surface area contributed by atoms with Gasteiger partial charge in [-0.1, -0.05) is 22.0 Å². The third kappa shape index (κ3) is 4.59. The summed E-state index contributed by atoms with van der Waals surface area (Å²) in [5.41, 5.74) is 5.82. The van der Waals surface area contributed by atoms with E-state index in [4.69, 9.17) is 0 Å². The molecule has 1 N–H and O–H groups in total. The van der Waals surface area contributed by atoms with Crippen molar-refractivity contribution < 1.29 is 9.18 Å². The van der Waals surface area contributed by atoms with E-state index in [1.807, 2.05) is 37.3 Å². The summed E-state index contributed by atoms with van der Waals surface area (Å²) in [6.07, 6.45) is 3.97. The summed E-state index contributed by atoms with van der Waals surface area (Å²) >= 11 is 3.49. The highest BCUT2D eigenvalue weighted by atomic mass is 79.9. The van der Waals surface area contributed by atoms with Crippen molar-refractivity contribution in [3.05, 3.63) is 82.7 Å². The predicted octanol–water partition coefficient (Wildman–Crippen LogP) is 5.68.